The van der Waals surface area contributed by atoms with Crippen LogP contribution in [-0.4, -0.2) is 23.8 Å². The minimum Gasteiger partial charge on any atom is -0.415 e. The maximum absolute atomic E-state index is 11.7. The van der Waals surface area contributed by atoms with Crippen molar-refractivity contribution in [2.24, 2.45) is 11.8 Å². The van der Waals surface area contributed by atoms with Gasteiger partial charge in [-0.1, -0.05) is 20.8 Å². The Bertz CT molecular complexity index is 323. The highest BCUT2D eigenvalue weighted by atomic mass is 16.6. The number of aliphatic hydroxyl groups excluding tert-OH is 1. The molecule has 1 aliphatic rings. The molecule has 2 atom stereocenters. The minimum atomic E-state index is -0.459. The van der Waals surface area contributed by atoms with Crippen LogP contribution in [-0.2, 0) is 4.74 Å². The average Bonchev–Trinajstić information content (AvgIpc) is 2.28. The second kappa shape index (κ2) is 6.78. The molecule has 18 heavy (non-hydrogen) atoms. The lowest BCUT2D eigenvalue weighted by molar-refractivity contribution is 0.153. The first-order chi connectivity index (χ1) is 8.43. The highest BCUT2D eigenvalue weighted by Crippen LogP contribution is 2.33. The van der Waals surface area contributed by atoms with Gasteiger partial charge in [0, 0.05) is 6.42 Å². The van der Waals surface area contributed by atoms with E-state index in [4.69, 9.17) is 9.84 Å². The van der Waals surface area contributed by atoms with Gasteiger partial charge in [0.05, 0.1) is 12.6 Å². The summed E-state index contributed by atoms with van der Waals surface area (Å²) in [6, 6.07) is -0.276. The lowest BCUT2D eigenvalue weighted by Gasteiger charge is -2.26. The smallest absolute Gasteiger partial charge is 0.412 e. The van der Waals surface area contributed by atoms with Crippen LogP contribution in [0.15, 0.2) is 11.3 Å². The fourth-order valence-electron chi connectivity index (χ4n) is 2.20. The quantitative estimate of drug-likeness (QED) is 0.812. The molecule has 0 aliphatic heterocycles. The maximum atomic E-state index is 11.7. The van der Waals surface area contributed by atoms with Crippen molar-refractivity contribution < 1.29 is 14.6 Å². The number of hydrogen-bond acceptors (Lipinski definition) is 3. The summed E-state index contributed by atoms with van der Waals surface area (Å²) in [4.78, 5) is 11.7. The van der Waals surface area contributed by atoms with Crippen molar-refractivity contribution in [3.8, 4) is 0 Å². The van der Waals surface area contributed by atoms with Gasteiger partial charge in [-0.25, -0.2) is 4.79 Å². The van der Waals surface area contributed by atoms with E-state index in [0.717, 1.165) is 25.0 Å². The molecule has 1 amide bonds. The van der Waals surface area contributed by atoms with Crippen LogP contribution in [0.1, 0.15) is 47.0 Å². The molecule has 0 aromatic rings. The summed E-state index contributed by atoms with van der Waals surface area (Å²) in [6.45, 7) is 8.09. The van der Waals surface area contributed by atoms with Crippen LogP contribution in [0.5, 0.6) is 0 Å². The van der Waals surface area contributed by atoms with Crippen molar-refractivity contribution in [1.29, 1.82) is 0 Å². The Hall–Kier alpha value is -1.03. The molecule has 0 aromatic carbocycles. The molecule has 2 unspecified atom stereocenters. The Balaban J connectivity index is 2.68. The summed E-state index contributed by atoms with van der Waals surface area (Å²) >= 11 is 0. The van der Waals surface area contributed by atoms with E-state index in [1.54, 1.807) is 6.92 Å². The van der Waals surface area contributed by atoms with E-state index in [9.17, 15) is 4.79 Å². The Morgan fingerprint density at radius 3 is 2.72 bits per heavy atom. The fourth-order valence-corrected chi connectivity index (χ4v) is 2.20. The number of alkyl carbamates (subject to hydrolysis) is 1. The number of hydrogen-bond donors (Lipinski definition) is 2. The number of nitrogens with one attached hydrogen (secondary N) is 1. The molecule has 4 nitrogen and oxygen atoms in total. The third kappa shape index (κ3) is 4.33. The third-order valence-electron chi connectivity index (χ3n) is 3.35. The third-order valence-corrected chi connectivity index (χ3v) is 3.35. The summed E-state index contributed by atoms with van der Waals surface area (Å²) < 4.78 is 5.43. The molecular weight excluding hydrogens is 230 g/mol. The lowest BCUT2D eigenvalue weighted by Crippen LogP contribution is -2.35. The van der Waals surface area contributed by atoms with Gasteiger partial charge in [0.15, 0.2) is 0 Å². The van der Waals surface area contributed by atoms with Gasteiger partial charge < -0.3 is 15.2 Å². The molecule has 0 fully saturated rings. The van der Waals surface area contributed by atoms with Crippen molar-refractivity contribution in [2.75, 3.05) is 6.61 Å². The van der Waals surface area contributed by atoms with Gasteiger partial charge in [-0.05, 0) is 37.2 Å². The zero-order chi connectivity index (χ0) is 13.7. The van der Waals surface area contributed by atoms with Crippen LogP contribution >= 0.6 is 0 Å². The number of allylic oxidation sites excluding steroid dienone is 2. The molecule has 0 saturated heterocycles. The van der Waals surface area contributed by atoms with Crippen molar-refractivity contribution >= 4 is 6.09 Å². The van der Waals surface area contributed by atoms with Gasteiger partial charge in [0.1, 0.15) is 5.76 Å². The molecule has 104 valence electrons. The van der Waals surface area contributed by atoms with Crippen molar-refractivity contribution in [3.63, 3.8) is 0 Å². The number of aliphatic hydroxyl groups is 1. The Morgan fingerprint density at radius 1 is 1.50 bits per heavy atom. The lowest BCUT2D eigenvalue weighted by atomic mass is 9.84. The van der Waals surface area contributed by atoms with Gasteiger partial charge in [-0.2, -0.15) is 0 Å². The van der Waals surface area contributed by atoms with Crippen molar-refractivity contribution in [1.82, 2.24) is 5.32 Å². The van der Waals surface area contributed by atoms with Gasteiger partial charge in [-0.15, -0.1) is 0 Å². The van der Waals surface area contributed by atoms with Crippen LogP contribution in [0.3, 0.4) is 0 Å². The second-order valence-corrected chi connectivity index (χ2v) is 5.57. The van der Waals surface area contributed by atoms with Gasteiger partial charge in [0.2, 0.25) is 0 Å². The van der Waals surface area contributed by atoms with Crippen LogP contribution in [0.25, 0.3) is 0 Å². The first-order valence-electron chi connectivity index (χ1n) is 6.75. The summed E-state index contributed by atoms with van der Waals surface area (Å²) in [5, 5.41) is 11.5. The molecule has 2 N–H and O–H groups in total. The summed E-state index contributed by atoms with van der Waals surface area (Å²) in [5.41, 5.74) is 1.25. The molecule has 0 heterocycles. The monoisotopic (exact) mass is 255 g/mol. The molecule has 0 aromatic heterocycles. The molecule has 1 rings (SSSR count). The van der Waals surface area contributed by atoms with E-state index >= 15 is 0 Å². The highest BCUT2D eigenvalue weighted by molar-refractivity contribution is 5.69. The number of amides is 1. The number of carbonyl (C=O) groups is 1. The standard InChI is InChI=1S/C14H25NO3/c1-9(2)12-6-5-10(3)7-13(12)18-14(17)15-11(4)8-16/h9-11,16H,5-8H2,1-4H3,(H,15,17). The van der Waals surface area contributed by atoms with Gasteiger partial charge in [0.25, 0.3) is 0 Å². The molecule has 1 aliphatic carbocycles. The Labute approximate surface area is 109 Å². The van der Waals surface area contributed by atoms with Crippen LogP contribution in [0.2, 0.25) is 0 Å². The number of carbonyl (C=O) groups excluding carboxylic acids is 1. The summed E-state index contributed by atoms with van der Waals surface area (Å²) in [6.07, 6.45) is 2.54. The zero-order valence-corrected chi connectivity index (χ0v) is 11.8. The van der Waals surface area contributed by atoms with E-state index in [0.29, 0.717) is 11.8 Å². The van der Waals surface area contributed by atoms with Crippen LogP contribution in [0, 0.1) is 11.8 Å². The number of rotatable bonds is 4. The van der Waals surface area contributed by atoms with Crippen LogP contribution < -0.4 is 5.32 Å². The normalized spacial score (nSPS) is 22.0. The van der Waals surface area contributed by atoms with Crippen LogP contribution in [0.4, 0.5) is 4.79 Å². The first-order valence-corrected chi connectivity index (χ1v) is 6.75. The summed E-state index contributed by atoms with van der Waals surface area (Å²) in [7, 11) is 0. The summed E-state index contributed by atoms with van der Waals surface area (Å²) in [5.74, 6) is 1.80. The molecule has 0 spiro atoms. The van der Waals surface area contributed by atoms with E-state index < -0.39 is 6.09 Å². The topological polar surface area (TPSA) is 58.6 Å². The molecule has 0 radical (unpaired) electrons. The average molecular weight is 255 g/mol. The Morgan fingerprint density at radius 2 is 2.17 bits per heavy atom. The first kappa shape index (κ1) is 15.0. The maximum Gasteiger partial charge on any atom is 0.412 e. The predicted octanol–water partition coefficient (Wildman–Crippen LogP) is 2.82. The van der Waals surface area contributed by atoms with Crippen molar-refractivity contribution in [2.45, 2.75) is 53.0 Å². The predicted molar refractivity (Wildman–Crippen MR) is 71.0 cm³/mol. The second-order valence-electron chi connectivity index (χ2n) is 5.57. The van der Waals surface area contributed by atoms with E-state index in [2.05, 4.69) is 26.1 Å². The molecule has 0 bridgehead atoms. The van der Waals surface area contributed by atoms with E-state index in [1.807, 2.05) is 0 Å². The largest absolute Gasteiger partial charge is 0.415 e. The number of ether oxygens (including phenoxy) is 1. The van der Waals surface area contributed by atoms with Gasteiger partial charge >= 0.3 is 6.09 Å². The molecule has 0 saturated carbocycles. The van der Waals surface area contributed by atoms with Crippen molar-refractivity contribution in [3.05, 3.63) is 11.3 Å². The fraction of sp³-hybridized carbons (Fsp3) is 0.786. The van der Waals surface area contributed by atoms with E-state index in [-0.39, 0.29) is 12.6 Å². The van der Waals surface area contributed by atoms with Gasteiger partial charge in [-0.3, -0.25) is 0 Å². The molecule has 4 heteroatoms. The van der Waals surface area contributed by atoms with E-state index in [1.165, 1.54) is 5.57 Å². The Kier molecular flexibility index (Phi) is 5.66. The SMILES string of the molecule is CC1CCC(C(C)C)=C(OC(=O)NC(C)CO)C1. The highest BCUT2D eigenvalue weighted by Gasteiger charge is 2.23. The zero-order valence-electron chi connectivity index (χ0n) is 11.8. The molecular formula is C14H25NO3. The minimum absolute atomic E-state index is 0.0818.